The van der Waals surface area contributed by atoms with Crippen molar-refractivity contribution in [1.29, 1.82) is 0 Å². The van der Waals surface area contributed by atoms with E-state index in [9.17, 15) is 14.7 Å². The summed E-state index contributed by atoms with van der Waals surface area (Å²) in [6.07, 6.45) is 2.18. The molecule has 2 N–H and O–H groups in total. The first-order valence-corrected chi connectivity index (χ1v) is 12.3. The number of amides is 1. The minimum atomic E-state index is -1.07. The van der Waals surface area contributed by atoms with Crippen LogP contribution in [-0.4, -0.2) is 43.2 Å². The number of carbonyl (C=O) groups is 2. The first-order valence-electron chi connectivity index (χ1n) is 11.5. The number of carboxylic acids is 1. The van der Waals surface area contributed by atoms with Crippen molar-refractivity contribution in [2.45, 2.75) is 45.2 Å². The Morgan fingerprint density at radius 2 is 2.00 bits per heavy atom. The van der Waals surface area contributed by atoms with E-state index in [1.165, 1.54) is 6.92 Å². The van der Waals surface area contributed by atoms with E-state index < -0.39 is 17.9 Å². The lowest BCUT2D eigenvalue weighted by Crippen LogP contribution is -2.43. The highest BCUT2D eigenvalue weighted by Gasteiger charge is 2.39. The van der Waals surface area contributed by atoms with Crippen molar-refractivity contribution >= 4 is 38.8 Å². The Morgan fingerprint density at radius 3 is 2.80 bits per heavy atom. The number of rotatable bonds is 5. The lowest BCUT2D eigenvalue weighted by atomic mass is 9.91. The molecule has 2 unspecified atom stereocenters. The van der Waals surface area contributed by atoms with Crippen LogP contribution < -0.4 is 5.32 Å². The van der Waals surface area contributed by atoms with Crippen LogP contribution in [0.5, 0.6) is 0 Å². The number of hydrogen-bond acceptors (Lipinski definition) is 6. The van der Waals surface area contributed by atoms with E-state index in [0.717, 1.165) is 56.1 Å². The third kappa shape index (κ3) is 3.23. The van der Waals surface area contributed by atoms with Crippen molar-refractivity contribution in [2.75, 3.05) is 0 Å². The normalized spacial score (nSPS) is 19.2. The molecule has 2 heterocycles. The second-order valence-electron chi connectivity index (χ2n) is 9.22. The van der Waals surface area contributed by atoms with Crippen molar-refractivity contribution in [3.05, 3.63) is 40.4 Å². The van der Waals surface area contributed by atoms with Crippen molar-refractivity contribution in [1.82, 2.24) is 25.5 Å². The van der Waals surface area contributed by atoms with Crippen LogP contribution in [0, 0.1) is 12.8 Å². The molecule has 4 bridgehead atoms. The summed E-state index contributed by atoms with van der Waals surface area (Å²) >= 11 is 3.76. The Bertz CT molecular complexity index is 1520. The van der Waals surface area contributed by atoms with Gasteiger partial charge in [-0.05, 0) is 75.8 Å². The molecule has 0 aliphatic heterocycles. The molecular formula is C25H22BrN5O4. The van der Waals surface area contributed by atoms with Gasteiger partial charge in [0.15, 0.2) is 5.82 Å². The number of aliphatic carboxylic acids is 1. The first-order chi connectivity index (χ1) is 16.9. The van der Waals surface area contributed by atoms with Crippen LogP contribution in [0.25, 0.3) is 44.8 Å². The van der Waals surface area contributed by atoms with Gasteiger partial charge in [-0.2, -0.15) is 0 Å². The molecule has 0 spiro atoms. The summed E-state index contributed by atoms with van der Waals surface area (Å²) in [7, 11) is 0. The van der Waals surface area contributed by atoms with E-state index in [1.807, 2.05) is 24.3 Å². The minimum absolute atomic E-state index is 0.283. The van der Waals surface area contributed by atoms with Crippen LogP contribution in [0.4, 0.5) is 0 Å². The fraction of sp³-hybridized carbons (Fsp3) is 0.320. The average molecular weight is 536 g/mol. The number of carboxylic acid groups (broad SMARTS) is 1. The van der Waals surface area contributed by atoms with E-state index >= 15 is 0 Å². The van der Waals surface area contributed by atoms with Crippen LogP contribution in [-0.2, 0) is 9.59 Å². The Labute approximate surface area is 208 Å². The molecule has 0 radical (unpaired) electrons. The zero-order chi connectivity index (χ0) is 24.4. The number of aromatic nitrogens is 4. The average Bonchev–Trinajstić information content (AvgIpc) is 3.56. The second-order valence-corrected chi connectivity index (χ2v) is 10.0. The lowest BCUT2D eigenvalue weighted by molar-refractivity contribution is -0.142. The largest absolute Gasteiger partial charge is 0.480 e. The molecule has 1 saturated carbocycles. The highest BCUT2D eigenvalue weighted by molar-refractivity contribution is 9.10. The van der Waals surface area contributed by atoms with Gasteiger partial charge in [0.25, 0.3) is 0 Å². The predicted octanol–water partition coefficient (Wildman–Crippen LogP) is 4.74. The minimum Gasteiger partial charge on any atom is -0.480 e. The van der Waals surface area contributed by atoms with Gasteiger partial charge < -0.3 is 14.8 Å². The first kappa shape index (κ1) is 22.0. The van der Waals surface area contributed by atoms with Crippen molar-refractivity contribution in [3.63, 3.8) is 0 Å². The summed E-state index contributed by atoms with van der Waals surface area (Å²) in [5.41, 5.74) is 5.70. The zero-order valence-corrected chi connectivity index (χ0v) is 20.7. The molecule has 2 aromatic heterocycles. The summed E-state index contributed by atoms with van der Waals surface area (Å²) in [4.78, 5) is 24.3. The van der Waals surface area contributed by atoms with Crippen molar-refractivity contribution in [2.24, 2.45) is 5.92 Å². The molecule has 178 valence electrons. The summed E-state index contributed by atoms with van der Waals surface area (Å²) in [6, 6.07) is 8.83. The van der Waals surface area contributed by atoms with Gasteiger partial charge in [-0.3, -0.25) is 9.59 Å². The highest BCUT2D eigenvalue weighted by atomic mass is 79.9. The molecule has 2 aromatic carbocycles. The Kier molecular flexibility index (Phi) is 5.03. The third-order valence-corrected chi connectivity index (χ3v) is 7.92. The molecule has 2 aliphatic carbocycles. The summed E-state index contributed by atoms with van der Waals surface area (Å²) in [5, 5.41) is 25.6. The molecule has 4 aromatic rings. The number of aryl methyl sites for hydroxylation is 1. The van der Waals surface area contributed by atoms with E-state index in [-0.39, 0.29) is 11.9 Å². The van der Waals surface area contributed by atoms with Crippen LogP contribution in [0.3, 0.4) is 0 Å². The van der Waals surface area contributed by atoms with Gasteiger partial charge in [-0.15, -0.1) is 5.10 Å². The molecule has 1 fully saturated rings. The third-order valence-electron chi connectivity index (χ3n) is 7.16. The molecule has 35 heavy (non-hydrogen) atoms. The standard InChI is InChI=1S/C25H22BrN5O4/c1-11-9-10-17-20-18(11)14-6-3-7-15(22(35-17)21(20)26)19(14)23-28-29-30-31(23)16-8-4-5-13(16)24(32)27-12(2)25(33)34/h3,6-7,9-10,12-13,16H,4-5,8H2,1-2H3,(H,27,32)(H,33,34)/t12-,13?,16?/m0/s1. The predicted molar refractivity (Wildman–Crippen MR) is 132 cm³/mol. The number of halogens is 1. The van der Waals surface area contributed by atoms with Gasteiger partial charge in [0.05, 0.1) is 16.4 Å². The molecular weight excluding hydrogens is 514 g/mol. The summed E-state index contributed by atoms with van der Waals surface area (Å²) in [6.45, 7) is 3.53. The molecule has 10 heteroatoms. The van der Waals surface area contributed by atoms with E-state index in [4.69, 9.17) is 4.42 Å². The number of furan rings is 1. The molecule has 1 amide bonds. The Morgan fingerprint density at radius 1 is 1.20 bits per heavy atom. The molecule has 3 atom stereocenters. The number of nitrogens with one attached hydrogen (secondary N) is 1. The number of nitrogens with zero attached hydrogens (tertiary/aromatic N) is 4. The Balaban J connectivity index is 1.49. The number of carbonyl (C=O) groups excluding carboxylic acids is 1. The monoisotopic (exact) mass is 535 g/mol. The highest BCUT2D eigenvalue weighted by Crippen LogP contribution is 2.52. The quantitative estimate of drug-likeness (QED) is 0.333. The van der Waals surface area contributed by atoms with Crippen LogP contribution in [0.2, 0.25) is 0 Å². The van der Waals surface area contributed by atoms with Crippen molar-refractivity contribution < 1.29 is 19.1 Å². The maximum absolute atomic E-state index is 13.0. The smallest absolute Gasteiger partial charge is 0.325 e. The maximum atomic E-state index is 13.0. The van der Waals surface area contributed by atoms with Crippen LogP contribution >= 0.6 is 15.9 Å². The van der Waals surface area contributed by atoms with Crippen LogP contribution in [0.1, 0.15) is 37.8 Å². The SMILES string of the molecule is Cc1ccc2oc3c(Br)c2c1-c1cccc-3c1-c1nnnn1C1CCCC1C(=O)N[C@@H](C)C(=O)O. The maximum Gasteiger partial charge on any atom is 0.325 e. The lowest BCUT2D eigenvalue weighted by Gasteiger charge is -2.22. The number of benzene rings is 2. The van der Waals surface area contributed by atoms with E-state index in [0.29, 0.717) is 18.0 Å². The van der Waals surface area contributed by atoms with Gasteiger partial charge in [0.1, 0.15) is 17.4 Å². The van der Waals surface area contributed by atoms with Crippen LogP contribution in [0.15, 0.2) is 39.2 Å². The van der Waals surface area contributed by atoms with Gasteiger partial charge in [-0.25, -0.2) is 4.68 Å². The van der Waals surface area contributed by atoms with E-state index in [1.54, 1.807) is 4.68 Å². The number of tetrazole rings is 1. The molecule has 9 nitrogen and oxygen atoms in total. The molecule has 6 rings (SSSR count). The second kappa shape index (κ2) is 8.01. The van der Waals surface area contributed by atoms with Gasteiger partial charge in [0.2, 0.25) is 5.91 Å². The summed E-state index contributed by atoms with van der Waals surface area (Å²) in [5.74, 6) is -0.508. The number of hydrogen-bond donors (Lipinski definition) is 2. The van der Waals surface area contributed by atoms with Gasteiger partial charge >= 0.3 is 5.97 Å². The Hall–Kier alpha value is -3.53. The summed E-state index contributed by atoms with van der Waals surface area (Å²) < 4.78 is 8.89. The van der Waals surface area contributed by atoms with Gasteiger partial charge in [0, 0.05) is 16.5 Å². The molecule has 2 aliphatic rings. The fourth-order valence-electron chi connectivity index (χ4n) is 5.47. The van der Waals surface area contributed by atoms with Gasteiger partial charge in [-0.1, -0.05) is 30.7 Å². The zero-order valence-electron chi connectivity index (χ0n) is 19.1. The van der Waals surface area contributed by atoms with E-state index in [2.05, 4.69) is 49.8 Å². The van der Waals surface area contributed by atoms with Crippen molar-refractivity contribution in [3.8, 4) is 33.8 Å². The fourth-order valence-corrected chi connectivity index (χ4v) is 6.16. The molecule has 0 saturated heterocycles. The topological polar surface area (TPSA) is 123 Å². The number of fused-ring (bicyclic) bond motifs is 5.